The number of hydrogen-bond donors (Lipinski definition) is 1. The van der Waals surface area contributed by atoms with Gasteiger partial charge in [-0.2, -0.15) is 0 Å². The van der Waals surface area contributed by atoms with Crippen LogP contribution in [-0.4, -0.2) is 47.9 Å². The van der Waals surface area contributed by atoms with E-state index in [-0.39, 0.29) is 17.7 Å². The molecular formula is C25H32N4O2S. The molecule has 170 valence electrons. The summed E-state index contributed by atoms with van der Waals surface area (Å²) < 4.78 is 0. The van der Waals surface area contributed by atoms with E-state index in [1.807, 2.05) is 11.8 Å². The fourth-order valence-corrected chi connectivity index (χ4v) is 5.93. The van der Waals surface area contributed by atoms with E-state index in [1.54, 1.807) is 0 Å². The van der Waals surface area contributed by atoms with Gasteiger partial charge in [0.05, 0.1) is 12.2 Å². The maximum Gasteiger partial charge on any atom is 0.240 e. The first kappa shape index (κ1) is 21.6. The van der Waals surface area contributed by atoms with Crippen LogP contribution in [0.1, 0.15) is 55.4 Å². The van der Waals surface area contributed by atoms with Crippen molar-refractivity contribution in [1.82, 2.24) is 9.88 Å². The highest BCUT2D eigenvalue weighted by molar-refractivity contribution is 7.16. The minimum Gasteiger partial charge on any atom is -0.312 e. The van der Waals surface area contributed by atoms with Gasteiger partial charge < -0.3 is 10.2 Å². The average Bonchev–Trinajstić information content (AvgIpc) is 3.46. The summed E-state index contributed by atoms with van der Waals surface area (Å²) in [7, 11) is 2.05. The van der Waals surface area contributed by atoms with Crippen LogP contribution in [0.15, 0.2) is 18.2 Å². The number of nitrogens with zero attached hydrogens (tertiary/aromatic N) is 3. The Morgan fingerprint density at radius 1 is 1.19 bits per heavy atom. The van der Waals surface area contributed by atoms with E-state index in [9.17, 15) is 9.59 Å². The summed E-state index contributed by atoms with van der Waals surface area (Å²) in [6.07, 6.45) is 9.17. The second-order valence-electron chi connectivity index (χ2n) is 9.54. The smallest absolute Gasteiger partial charge is 0.240 e. The lowest BCUT2D eigenvalue weighted by Gasteiger charge is -2.30. The molecule has 0 bridgehead atoms. The maximum atomic E-state index is 12.6. The van der Waals surface area contributed by atoms with Gasteiger partial charge in [0.2, 0.25) is 11.8 Å². The number of hydrogen-bond acceptors (Lipinski definition) is 5. The van der Waals surface area contributed by atoms with E-state index in [2.05, 4.69) is 35.5 Å². The first-order valence-electron chi connectivity index (χ1n) is 11.9. The summed E-state index contributed by atoms with van der Waals surface area (Å²) in [4.78, 5) is 35.1. The Bertz CT molecular complexity index is 1020. The van der Waals surface area contributed by atoms with Crippen molar-refractivity contribution in [3.63, 3.8) is 0 Å². The molecule has 0 saturated heterocycles. The Kier molecular flexibility index (Phi) is 6.03. The molecule has 6 nitrogen and oxygen atoms in total. The number of likely N-dealkylation sites (N-methyl/N-ethyl adjacent to an activating group) is 1. The van der Waals surface area contributed by atoms with E-state index in [0.29, 0.717) is 17.7 Å². The van der Waals surface area contributed by atoms with Gasteiger partial charge in [0.1, 0.15) is 0 Å². The van der Waals surface area contributed by atoms with Crippen LogP contribution < -0.4 is 10.2 Å². The van der Waals surface area contributed by atoms with Crippen LogP contribution in [-0.2, 0) is 16.0 Å². The molecule has 3 aliphatic rings. The second kappa shape index (κ2) is 8.94. The molecule has 0 unspecified atom stereocenters. The number of fused-ring (bicyclic) bond motifs is 1. The fourth-order valence-electron chi connectivity index (χ4n) is 5.08. The third-order valence-electron chi connectivity index (χ3n) is 7.08. The maximum absolute atomic E-state index is 12.6. The lowest BCUT2D eigenvalue weighted by molar-refractivity contribution is -0.119. The zero-order valence-electron chi connectivity index (χ0n) is 19.0. The van der Waals surface area contributed by atoms with Crippen molar-refractivity contribution in [3.8, 4) is 11.3 Å². The van der Waals surface area contributed by atoms with Gasteiger partial charge in [0, 0.05) is 34.6 Å². The van der Waals surface area contributed by atoms with Crippen LogP contribution in [0.4, 0.5) is 10.8 Å². The number of rotatable bonds is 6. The number of amides is 2. The summed E-state index contributed by atoms with van der Waals surface area (Å²) in [5, 5.41) is 3.67. The molecule has 0 radical (unpaired) electrons. The second-order valence-corrected chi connectivity index (χ2v) is 10.7. The molecule has 32 heavy (non-hydrogen) atoms. The van der Waals surface area contributed by atoms with Crippen molar-refractivity contribution >= 4 is 34.0 Å². The van der Waals surface area contributed by atoms with Crippen molar-refractivity contribution in [2.75, 3.05) is 30.4 Å². The highest BCUT2D eigenvalue weighted by Gasteiger charge is 2.36. The van der Waals surface area contributed by atoms with E-state index in [4.69, 9.17) is 4.98 Å². The number of thiazole rings is 1. The van der Waals surface area contributed by atoms with Gasteiger partial charge in [-0.05, 0) is 63.8 Å². The molecule has 1 aliphatic heterocycles. The predicted octanol–water partition coefficient (Wildman–Crippen LogP) is 4.62. The van der Waals surface area contributed by atoms with Crippen molar-refractivity contribution in [2.45, 2.75) is 64.3 Å². The van der Waals surface area contributed by atoms with Crippen LogP contribution in [0.25, 0.3) is 11.3 Å². The number of carbonyl (C=O) groups excluding carboxylic acids is 2. The molecule has 2 amide bonds. The summed E-state index contributed by atoms with van der Waals surface area (Å²) in [6, 6.07) is 6.80. The lowest BCUT2D eigenvalue weighted by atomic mass is 9.94. The Morgan fingerprint density at radius 3 is 2.72 bits per heavy atom. The molecule has 2 fully saturated rings. The first-order valence-corrected chi connectivity index (χ1v) is 12.7. The van der Waals surface area contributed by atoms with E-state index in [0.717, 1.165) is 47.6 Å². The molecule has 1 aromatic heterocycles. The molecule has 1 aromatic carbocycles. The number of carbonyl (C=O) groups is 2. The predicted molar refractivity (Wildman–Crippen MR) is 129 cm³/mol. The monoisotopic (exact) mass is 452 g/mol. The Morgan fingerprint density at radius 2 is 1.97 bits per heavy atom. The van der Waals surface area contributed by atoms with E-state index in [1.165, 1.54) is 49.0 Å². The molecule has 2 saturated carbocycles. The molecular weight excluding hydrogens is 420 g/mol. The average molecular weight is 453 g/mol. The molecule has 0 spiro atoms. The van der Waals surface area contributed by atoms with Gasteiger partial charge >= 0.3 is 0 Å². The zero-order valence-corrected chi connectivity index (χ0v) is 19.8. The normalized spacial score (nSPS) is 18.8. The van der Waals surface area contributed by atoms with E-state index < -0.39 is 0 Å². The van der Waals surface area contributed by atoms with Crippen LogP contribution >= 0.6 is 11.3 Å². The number of nitrogens with one attached hydrogen (secondary N) is 1. The van der Waals surface area contributed by atoms with Gasteiger partial charge in [0.25, 0.3) is 0 Å². The standard InChI is InChI=1S/C25H32N4O2S/c1-16-23(19-10-11-21-18(14-19)12-13-29(21)24(31)17-8-9-17)27-25(32-16)26-22(30)15-28(2)20-6-4-3-5-7-20/h10-11,14,17,20H,3-9,12-13,15H2,1-2H3,(H,26,27,30). The molecule has 5 rings (SSSR count). The lowest BCUT2D eigenvalue weighted by Crippen LogP contribution is -2.39. The summed E-state index contributed by atoms with van der Waals surface area (Å²) in [6.45, 7) is 3.23. The van der Waals surface area contributed by atoms with Crippen molar-refractivity contribution in [1.29, 1.82) is 0 Å². The topological polar surface area (TPSA) is 65.5 Å². The summed E-state index contributed by atoms with van der Waals surface area (Å²) >= 11 is 1.52. The Labute approximate surface area is 194 Å². The number of benzene rings is 1. The molecule has 0 atom stereocenters. The SMILES string of the molecule is Cc1sc(NC(=O)CN(C)C2CCCCC2)nc1-c1ccc2c(c1)CCN2C(=O)C1CC1. The van der Waals surface area contributed by atoms with Crippen molar-refractivity contribution in [2.24, 2.45) is 5.92 Å². The number of anilines is 2. The molecule has 2 aromatic rings. The van der Waals surface area contributed by atoms with Gasteiger partial charge in [-0.3, -0.25) is 14.5 Å². The molecule has 2 aliphatic carbocycles. The fraction of sp³-hybridized carbons (Fsp3) is 0.560. The van der Waals surface area contributed by atoms with Crippen molar-refractivity contribution < 1.29 is 9.59 Å². The third kappa shape index (κ3) is 4.46. The highest BCUT2D eigenvalue weighted by Crippen LogP contribution is 2.39. The van der Waals surface area contributed by atoms with Gasteiger partial charge in [0.15, 0.2) is 5.13 Å². The largest absolute Gasteiger partial charge is 0.312 e. The first-order chi connectivity index (χ1) is 15.5. The van der Waals surface area contributed by atoms with Crippen LogP contribution in [0.2, 0.25) is 0 Å². The summed E-state index contributed by atoms with van der Waals surface area (Å²) in [5.74, 6) is 0.524. The van der Waals surface area contributed by atoms with Crippen LogP contribution in [0, 0.1) is 12.8 Å². The Hall–Kier alpha value is -2.25. The zero-order chi connectivity index (χ0) is 22.2. The summed E-state index contributed by atoms with van der Waals surface area (Å²) in [5.41, 5.74) is 4.24. The minimum absolute atomic E-state index is 0.00144. The molecule has 7 heteroatoms. The molecule has 1 N–H and O–H groups in total. The van der Waals surface area contributed by atoms with Crippen LogP contribution in [0.5, 0.6) is 0 Å². The van der Waals surface area contributed by atoms with Crippen molar-refractivity contribution in [3.05, 3.63) is 28.6 Å². The Balaban J connectivity index is 1.25. The van der Waals surface area contributed by atoms with Crippen LogP contribution in [0.3, 0.4) is 0 Å². The van der Waals surface area contributed by atoms with Gasteiger partial charge in [-0.1, -0.05) is 25.3 Å². The van der Waals surface area contributed by atoms with E-state index >= 15 is 0 Å². The van der Waals surface area contributed by atoms with Gasteiger partial charge in [-0.15, -0.1) is 11.3 Å². The number of aromatic nitrogens is 1. The third-order valence-corrected chi connectivity index (χ3v) is 7.96. The van der Waals surface area contributed by atoms with Gasteiger partial charge in [-0.25, -0.2) is 4.98 Å². The number of aryl methyl sites for hydroxylation is 1. The quantitative estimate of drug-likeness (QED) is 0.695. The minimum atomic E-state index is 0.00144. The highest BCUT2D eigenvalue weighted by atomic mass is 32.1. The molecule has 2 heterocycles.